The van der Waals surface area contributed by atoms with Gasteiger partial charge in [-0.15, -0.1) is 0 Å². The van der Waals surface area contributed by atoms with Gasteiger partial charge < -0.3 is 5.11 Å². The van der Waals surface area contributed by atoms with E-state index in [-0.39, 0.29) is 5.78 Å². The zero-order valence-corrected chi connectivity index (χ0v) is 12.1. The van der Waals surface area contributed by atoms with Gasteiger partial charge in [0.15, 0.2) is 5.78 Å². The Bertz CT molecular complexity index is 566. The second-order valence-corrected chi connectivity index (χ2v) is 7.20. The maximum Gasteiger partial charge on any atom is 0.169 e. The minimum atomic E-state index is -0.866. The van der Waals surface area contributed by atoms with E-state index in [1.54, 1.807) is 6.08 Å². The summed E-state index contributed by atoms with van der Waals surface area (Å²) in [6, 6.07) is 0. The van der Waals surface area contributed by atoms with Gasteiger partial charge in [0.1, 0.15) is 6.10 Å². The summed E-state index contributed by atoms with van der Waals surface area (Å²) in [5, 5.41) is 9.74. The molecule has 0 spiro atoms. The Hall–Kier alpha value is -1.15. The number of hydrogen-bond donors (Lipinski definition) is 1. The fourth-order valence-corrected chi connectivity index (χ4v) is 5.00. The van der Waals surface area contributed by atoms with Crippen LogP contribution < -0.4 is 0 Å². The maximum absolute atomic E-state index is 11.9. The smallest absolute Gasteiger partial charge is 0.169 e. The van der Waals surface area contributed by atoms with Crippen molar-refractivity contribution in [2.45, 2.75) is 51.6 Å². The molecule has 1 fully saturated rings. The molecule has 0 heterocycles. The van der Waals surface area contributed by atoms with E-state index in [2.05, 4.69) is 19.1 Å². The molecule has 106 valence electrons. The highest BCUT2D eigenvalue weighted by Gasteiger charge is 2.46. The van der Waals surface area contributed by atoms with Crippen LogP contribution in [0.4, 0.5) is 0 Å². The molecule has 4 atom stereocenters. The van der Waals surface area contributed by atoms with Gasteiger partial charge in [-0.25, -0.2) is 0 Å². The number of hydrogen-bond acceptors (Lipinski definition) is 2. The van der Waals surface area contributed by atoms with E-state index < -0.39 is 6.10 Å². The molecule has 0 radical (unpaired) electrons. The van der Waals surface area contributed by atoms with E-state index in [4.69, 9.17) is 0 Å². The van der Waals surface area contributed by atoms with Crippen molar-refractivity contribution in [3.8, 4) is 0 Å². The zero-order valence-electron chi connectivity index (χ0n) is 12.1. The fraction of sp³-hybridized carbons (Fsp3) is 0.611. The molecule has 1 unspecified atom stereocenters. The van der Waals surface area contributed by atoms with Crippen LogP contribution in [0.5, 0.6) is 0 Å². The predicted molar refractivity (Wildman–Crippen MR) is 78.1 cm³/mol. The molecule has 2 nitrogen and oxygen atoms in total. The van der Waals surface area contributed by atoms with Gasteiger partial charge >= 0.3 is 0 Å². The Morgan fingerprint density at radius 2 is 2.20 bits per heavy atom. The van der Waals surface area contributed by atoms with Crippen molar-refractivity contribution in [2.24, 2.45) is 17.3 Å². The van der Waals surface area contributed by atoms with E-state index in [9.17, 15) is 9.90 Å². The van der Waals surface area contributed by atoms with E-state index >= 15 is 0 Å². The maximum atomic E-state index is 11.9. The van der Waals surface area contributed by atoms with Crippen LogP contribution in [-0.2, 0) is 4.79 Å². The second-order valence-electron chi connectivity index (χ2n) is 7.20. The van der Waals surface area contributed by atoms with E-state index in [1.807, 2.05) is 0 Å². The Balaban J connectivity index is 1.82. The number of allylic oxidation sites excluding steroid dienone is 5. The van der Waals surface area contributed by atoms with E-state index in [0.717, 1.165) is 12.3 Å². The van der Waals surface area contributed by atoms with E-state index in [1.165, 1.54) is 42.4 Å². The van der Waals surface area contributed by atoms with Gasteiger partial charge in [-0.05, 0) is 65.7 Å². The van der Waals surface area contributed by atoms with Crippen molar-refractivity contribution >= 4 is 5.78 Å². The molecule has 0 saturated heterocycles. The fourth-order valence-electron chi connectivity index (χ4n) is 5.00. The summed E-state index contributed by atoms with van der Waals surface area (Å²) in [7, 11) is 0. The van der Waals surface area contributed by atoms with Crippen molar-refractivity contribution in [3.05, 3.63) is 34.9 Å². The molecule has 0 aromatic carbocycles. The van der Waals surface area contributed by atoms with Crippen molar-refractivity contribution in [2.75, 3.05) is 0 Å². The normalized spacial score (nSPS) is 43.0. The number of carbonyl (C=O) groups is 1. The molecular formula is C18H22O2. The molecule has 1 saturated carbocycles. The first kappa shape index (κ1) is 12.6. The lowest BCUT2D eigenvalue weighted by Crippen LogP contribution is -2.35. The molecule has 4 rings (SSSR count). The minimum absolute atomic E-state index is 0.0370. The largest absolute Gasteiger partial charge is 0.381 e. The summed E-state index contributed by atoms with van der Waals surface area (Å²) in [5.74, 6) is 1.37. The lowest BCUT2D eigenvalue weighted by molar-refractivity contribution is -0.124. The van der Waals surface area contributed by atoms with Crippen molar-refractivity contribution in [1.82, 2.24) is 0 Å². The zero-order chi connectivity index (χ0) is 13.9. The highest BCUT2D eigenvalue weighted by Crippen LogP contribution is 2.56. The average molecular weight is 270 g/mol. The summed E-state index contributed by atoms with van der Waals surface area (Å²) >= 11 is 0. The van der Waals surface area contributed by atoms with Crippen LogP contribution in [0, 0.1) is 17.3 Å². The van der Waals surface area contributed by atoms with Crippen LogP contribution in [-0.4, -0.2) is 17.0 Å². The monoisotopic (exact) mass is 270 g/mol. The number of ketones is 1. The first-order valence-electron chi connectivity index (χ1n) is 7.93. The van der Waals surface area contributed by atoms with Gasteiger partial charge in [0.05, 0.1) is 0 Å². The summed E-state index contributed by atoms with van der Waals surface area (Å²) in [4.78, 5) is 11.9. The number of Topliss-reactive ketones (excluding diaryl/α,β-unsaturated/α-hetero) is 1. The number of rotatable bonds is 0. The molecule has 20 heavy (non-hydrogen) atoms. The summed E-state index contributed by atoms with van der Waals surface area (Å²) in [6.45, 7) is 2.41. The molecule has 4 aliphatic carbocycles. The van der Waals surface area contributed by atoms with E-state index in [0.29, 0.717) is 17.8 Å². The Morgan fingerprint density at radius 1 is 1.35 bits per heavy atom. The Morgan fingerprint density at radius 3 is 3.05 bits per heavy atom. The highest BCUT2D eigenvalue weighted by atomic mass is 16.3. The number of aliphatic hydroxyl groups excluding tert-OH is 1. The van der Waals surface area contributed by atoms with Crippen LogP contribution in [0.3, 0.4) is 0 Å². The quantitative estimate of drug-likeness (QED) is 0.733. The first-order chi connectivity index (χ1) is 9.58. The van der Waals surface area contributed by atoms with Gasteiger partial charge in [0, 0.05) is 6.42 Å². The average Bonchev–Trinajstić information content (AvgIpc) is 2.82. The van der Waals surface area contributed by atoms with Crippen LogP contribution in [0.1, 0.15) is 45.4 Å². The summed E-state index contributed by atoms with van der Waals surface area (Å²) in [6.07, 6.45) is 12.3. The third-order valence-corrected chi connectivity index (χ3v) is 6.11. The second kappa shape index (κ2) is 4.17. The van der Waals surface area contributed by atoms with Gasteiger partial charge in [-0.2, -0.15) is 0 Å². The number of carbonyl (C=O) groups excluding carboxylic acids is 1. The minimum Gasteiger partial charge on any atom is -0.381 e. The molecule has 0 aromatic heterocycles. The Kier molecular flexibility index (Phi) is 2.62. The highest BCUT2D eigenvalue weighted by molar-refractivity contribution is 5.90. The third-order valence-electron chi connectivity index (χ3n) is 6.11. The standard InChI is InChI=1S/C18H22O2/c1-18-7-2-3-15(18)13-5-4-11-9-16(19)17(20)10-14(11)12(13)6-8-18/h6,8-9,13,15-16,19H,2-5,7,10H2,1H3/t13-,15+,16?,18+/m1/s1. The van der Waals surface area contributed by atoms with Crippen LogP contribution in [0.25, 0.3) is 0 Å². The molecule has 0 aromatic rings. The van der Waals surface area contributed by atoms with Crippen LogP contribution >= 0.6 is 0 Å². The van der Waals surface area contributed by atoms with Gasteiger partial charge in [-0.1, -0.05) is 25.5 Å². The number of aliphatic hydroxyl groups is 1. The Labute approximate surface area is 120 Å². The molecule has 0 bridgehead atoms. The lowest BCUT2D eigenvalue weighted by atomic mass is 9.61. The first-order valence-corrected chi connectivity index (χ1v) is 7.93. The molecule has 1 N–H and O–H groups in total. The molecule has 4 aliphatic rings. The van der Waals surface area contributed by atoms with Crippen LogP contribution in [0.15, 0.2) is 34.9 Å². The van der Waals surface area contributed by atoms with Crippen molar-refractivity contribution < 1.29 is 9.90 Å². The topological polar surface area (TPSA) is 37.3 Å². The SMILES string of the molecule is C[C@]12C=CC3=C4CC(=O)C(O)C=C4CC[C@H]3[C@@H]1CCC2. The molecule has 0 amide bonds. The molecular weight excluding hydrogens is 248 g/mol. The van der Waals surface area contributed by atoms with Gasteiger partial charge in [0.2, 0.25) is 0 Å². The predicted octanol–water partition coefficient (Wildman–Crippen LogP) is 3.33. The number of fused-ring (bicyclic) bond motifs is 4. The van der Waals surface area contributed by atoms with Crippen LogP contribution in [0.2, 0.25) is 0 Å². The third kappa shape index (κ3) is 1.64. The van der Waals surface area contributed by atoms with Crippen molar-refractivity contribution in [1.29, 1.82) is 0 Å². The summed E-state index contributed by atoms with van der Waals surface area (Å²) in [5.41, 5.74) is 4.26. The van der Waals surface area contributed by atoms with Crippen molar-refractivity contribution in [3.63, 3.8) is 0 Å². The summed E-state index contributed by atoms with van der Waals surface area (Å²) < 4.78 is 0. The molecule has 0 aliphatic heterocycles. The van der Waals surface area contributed by atoms with Gasteiger partial charge in [0.25, 0.3) is 0 Å². The lowest BCUT2D eigenvalue weighted by Gasteiger charge is -2.43. The molecule has 2 heteroatoms. The van der Waals surface area contributed by atoms with Gasteiger partial charge in [-0.3, -0.25) is 4.79 Å².